The molecule has 0 radical (unpaired) electrons. The molecule has 0 amide bonds. The molecule has 1 saturated carbocycles. The summed E-state index contributed by atoms with van der Waals surface area (Å²) in [4.78, 5) is 2.61. The number of hydrogen-bond donors (Lipinski definition) is 1. The van der Waals surface area contributed by atoms with Crippen molar-refractivity contribution in [2.45, 2.75) is 44.7 Å². The summed E-state index contributed by atoms with van der Waals surface area (Å²) < 4.78 is 0. The van der Waals surface area contributed by atoms with Gasteiger partial charge in [0.25, 0.3) is 0 Å². The van der Waals surface area contributed by atoms with E-state index in [2.05, 4.69) is 31.1 Å². The average molecular weight is 182 g/mol. The minimum absolute atomic E-state index is 0.545. The standard InChI is InChI=1S/C11H22N2/c1-9(2)13-7-4-10(8-13)11(12-3)5-6-11/h9-10,12H,4-8H2,1-3H3/t10-/m1/s1. The predicted molar refractivity (Wildman–Crippen MR) is 55.8 cm³/mol. The monoisotopic (exact) mass is 182 g/mol. The van der Waals surface area contributed by atoms with Gasteiger partial charge >= 0.3 is 0 Å². The van der Waals surface area contributed by atoms with Crippen molar-refractivity contribution in [3.05, 3.63) is 0 Å². The molecule has 0 aromatic carbocycles. The van der Waals surface area contributed by atoms with Crippen LogP contribution in [-0.2, 0) is 0 Å². The Hall–Kier alpha value is -0.0800. The van der Waals surface area contributed by atoms with Crippen molar-refractivity contribution in [1.82, 2.24) is 10.2 Å². The van der Waals surface area contributed by atoms with Gasteiger partial charge in [-0.1, -0.05) is 0 Å². The van der Waals surface area contributed by atoms with E-state index < -0.39 is 0 Å². The highest BCUT2D eigenvalue weighted by atomic mass is 15.2. The first-order valence-electron chi connectivity index (χ1n) is 5.61. The smallest absolute Gasteiger partial charge is 0.0220 e. The van der Waals surface area contributed by atoms with E-state index in [1.807, 2.05) is 0 Å². The summed E-state index contributed by atoms with van der Waals surface area (Å²) in [5, 5.41) is 3.53. The molecule has 0 aromatic heterocycles. The fourth-order valence-corrected chi connectivity index (χ4v) is 2.70. The van der Waals surface area contributed by atoms with Crippen molar-refractivity contribution in [2.24, 2.45) is 5.92 Å². The minimum Gasteiger partial charge on any atom is -0.314 e. The molecule has 1 atom stereocenters. The summed E-state index contributed by atoms with van der Waals surface area (Å²) in [5.74, 6) is 0.917. The lowest BCUT2D eigenvalue weighted by molar-refractivity contribution is 0.249. The molecule has 2 fully saturated rings. The van der Waals surface area contributed by atoms with Gasteiger partial charge in [0.1, 0.15) is 0 Å². The molecule has 2 aliphatic rings. The van der Waals surface area contributed by atoms with E-state index in [1.54, 1.807) is 0 Å². The highest BCUT2D eigenvalue weighted by Crippen LogP contribution is 2.45. The van der Waals surface area contributed by atoms with E-state index in [-0.39, 0.29) is 0 Å². The van der Waals surface area contributed by atoms with E-state index >= 15 is 0 Å². The van der Waals surface area contributed by atoms with Gasteiger partial charge in [-0.15, -0.1) is 0 Å². The van der Waals surface area contributed by atoms with Crippen molar-refractivity contribution < 1.29 is 0 Å². The molecule has 0 aromatic rings. The zero-order chi connectivity index (χ0) is 9.47. The molecular weight excluding hydrogens is 160 g/mol. The van der Waals surface area contributed by atoms with Gasteiger partial charge < -0.3 is 10.2 Å². The number of hydrogen-bond acceptors (Lipinski definition) is 2. The number of nitrogens with one attached hydrogen (secondary N) is 1. The molecule has 2 heteroatoms. The Labute approximate surface area is 81.7 Å². The molecule has 1 heterocycles. The molecule has 2 rings (SSSR count). The zero-order valence-electron chi connectivity index (χ0n) is 9.14. The topological polar surface area (TPSA) is 15.3 Å². The van der Waals surface area contributed by atoms with Crippen LogP contribution < -0.4 is 5.32 Å². The van der Waals surface area contributed by atoms with Crippen LogP contribution >= 0.6 is 0 Å². The summed E-state index contributed by atoms with van der Waals surface area (Å²) in [6, 6.07) is 0.734. The second-order valence-electron chi connectivity index (χ2n) is 4.98. The molecule has 1 aliphatic carbocycles. The summed E-state index contributed by atoms with van der Waals surface area (Å²) in [6.45, 7) is 7.24. The van der Waals surface area contributed by atoms with E-state index in [9.17, 15) is 0 Å². The third-order valence-corrected chi connectivity index (χ3v) is 4.02. The molecular formula is C11H22N2. The van der Waals surface area contributed by atoms with Gasteiger partial charge in [-0.3, -0.25) is 0 Å². The highest BCUT2D eigenvalue weighted by Gasteiger charge is 2.49. The van der Waals surface area contributed by atoms with Crippen LogP contribution in [0, 0.1) is 5.92 Å². The first-order chi connectivity index (χ1) is 6.18. The Morgan fingerprint density at radius 2 is 2.08 bits per heavy atom. The Morgan fingerprint density at radius 1 is 1.38 bits per heavy atom. The van der Waals surface area contributed by atoms with Gasteiger partial charge in [-0.05, 0) is 52.6 Å². The van der Waals surface area contributed by atoms with Crippen LogP contribution in [0.5, 0.6) is 0 Å². The largest absolute Gasteiger partial charge is 0.314 e. The number of likely N-dealkylation sites (tertiary alicyclic amines) is 1. The lowest BCUT2D eigenvalue weighted by Crippen LogP contribution is -2.38. The van der Waals surface area contributed by atoms with Gasteiger partial charge in [0.05, 0.1) is 0 Å². The van der Waals surface area contributed by atoms with E-state index in [0.29, 0.717) is 5.54 Å². The van der Waals surface area contributed by atoms with Crippen LogP contribution in [-0.4, -0.2) is 36.6 Å². The first-order valence-corrected chi connectivity index (χ1v) is 5.61. The fourth-order valence-electron chi connectivity index (χ4n) is 2.70. The zero-order valence-corrected chi connectivity index (χ0v) is 9.14. The van der Waals surface area contributed by atoms with Crippen molar-refractivity contribution in [1.29, 1.82) is 0 Å². The maximum atomic E-state index is 3.53. The van der Waals surface area contributed by atoms with Gasteiger partial charge in [0.2, 0.25) is 0 Å². The maximum absolute atomic E-state index is 3.53. The SMILES string of the molecule is CNC1([C@@H]2CCN(C(C)C)C2)CC1. The van der Waals surface area contributed by atoms with E-state index in [1.165, 1.54) is 32.4 Å². The van der Waals surface area contributed by atoms with Crippen molar-refractivity contribution in [2.75, 3.05) is 20.1 Å². The highest BCUT2D eigenvalue weighted by molar-refractivity contribution is 5.08. The molecule has 0 spiro atoms. The molecule has 0 bridgehead atoms. The molecule has 1 saturated heterocycles. The summed E-state index contributed by atoms with van der Waals surface area (Å²) in [6.07, 6.45) is 4.21. The Balaban J connectivity index is 1.91. The fraction of sp³-hybridized carbons (Fsp3) is 1.00. The molecule has 1 aliphatic heterocycles. The van der Waals surface area contributed by atoms with E-state index in [4.69, 9.17) is 0 Å². The Kier molecular flexibility index (Phi) is 2.37. The summed E-state index contributed by atoms with van der Waals surface area (Å²) >= 11 is 0. The summed E-state index contributed by atoms with van der Waals surface area (Å²) in [5.41, 5.74) is 0.545. The second kappa shape index (κ2) is 3.25. The molecule has 2 nitrogen and oxygen atoms in total. The van der Waals surface area contributed by atoms with Gasteiger partial charge in [0, 0.05) is 18.1 Å². The molecule has 1 N–H and O–H groups in total. The number of nitrogens with zero attached hydrogens (tertiary/aromatic N) is 1. The van der Waals surface area contributed by atoms with Crippen LogP contribution in [0.3, 0.4) is 0 Å². The second-order valence-corrected chi connectivity index (χ2v) is 4.98. The minimum atomic E-state index is 0.545. The third kappa shape index (κ3) is 1.62. The lowest BCUT2D eigenvalue weighted by Gasteiger charge is -2.24. The molecule has 13 heavy (non-hydrogen) atoms. The average Bonchev–Trinajstić information content (AvgIpc) is 2.75. The van der Waals surface area contributed by atoms with Crippen molar-refractivity contribution in [3.8, 4) is 0 Å². The Bertz CT molecular complexity index is 185. The van der Waals surface area contributed by atoms with Crippen LogP contribution in [0.15, 0.2) is 0 Å². The Morgan fingerprint density at radius 3 is 2.46 bits per heavy atom. The van der Waals surface area contributed by atoms with Crippen LogP contribution in [0.2, 0.25) is 0 Å². The van der Waals surface area contributed by atoms with Crippen LogP contribution in [0.4, 0.5) is 0 Å². The quantitative estimate of drug-likeness (QED) is 0.711. The van der Waals surface area contributed by atoms with Crippen molar-refractivity contribution in [3.63, 3.8) is 0 Å². The van der Waals surface area contributed by atoms with Crippen LogP contribution in [0.1, 0.15) is 33.1 Å². The third-order valence-electron chi connectivity index (χ3n) is 4.02. The lowest BCUT2D eigenvalue weighted by atomic mass is 9.97. The van der Waals surface area contributed by atoms with Crippen molar-refractivity contribution >= 4 is 0 Å². The predicted octanol–water partition coefficient (Wildman–Crippen LogP) is 1.47. The maximum Gasteiger partial charge on any atom is 0.0220 e. The van der Waals surface area contributed by atoms with Gasteiger partial charge in [-0.25, -0.2) is 0 Å². The number of rotatable bonds is 3. The molecule has 76 valence electrons. The van der Waals surface area contributed by atoms with E-state index in [0.717, 1.165) is 12.0 Å². The van der Waals surface area contributed by atoms with Gasteiger partial charge in [0.15, 0.2) is 0 Å². The molecule has 0 unspecified atom stereocenters. The van der Waals surface area contributed by atoms with Crippen LogP contribution in [0.25, 0.3) is 0 Å². The van der Waals surface area contributed by atoms with Gasteiger partial charge in [-0.2, -0.15) is 0 Å². The first kappa shape index (κ1) is 9.47. The normalized spacial score (nSPS) is 32.8. The summed E-state index contributed by atoms with van der Waals surface area (Å²) in [7, 11) is 2.13.